The minimum atomic E-state index is -2.49. The van der Waals surface area contributed by atoms with E-state index in [0.29, 0.717) is 11.3 Å². The molecule has 156 valence electrons. The first-order chi connectivity index (χ1) is 15.7. The van der Waals surface area contributed by atoms with Gasteiger partial charge in [0.25, 0.3) is 0 Å². The van der Waals surface area contributed by atoms with Gasteiger partial charge in [-0.2, -0.15) is 5.10 Å². The van der Waals surface area contributed by atoms with Gasteiger partial charge in [-0.1, -0.05) is 6.07 Å². The maximum Gasteiger partial charge on any atom is 0.358 e. The number of nitrogens with zero attached hydrogens (tertiary/aromatic N) is 5. The number of methoxy groups -OCH3 is 1. The molecule has 1 aliphatic carbocycles. The van der Waals surface area contributed by atoms with Crippen LogP contribution in [-0.2, 0) is 31.2 Å². The number of benzene rings is 1. The first-order valence-electron chi connectivity index (χ1n) is 10.5. The summed E-state index contributed by atoms with van der Waals surface area (Å²) in [6.07, 6.45) is 2.69. The molecule has 11 nitrogen and oxygen atoms in total. The van der Waals surface area contributed by atoms with E-state index in [1.54, 1.807) is 18.2 Å². The van der Waals surface area contributed by atoms with Gasteiger partial charge in [0, 0.05) is 42.6 Å². The minimum absolute atomic E-state index is 0. The molecular weight excluding hydrogens is 456 g/mol. The molecule has 0 radical (unpaired) electrons. The second-order valence-electron chi connectivity index (χ2n) is 6.58. The van der Waals surface area contributed by atoms with Crippen LogP contribution in [0, 0.1) is 5.92 Å². The Morgan fingerprint density at radius 1 is 1.29 bits per heavy atom. The molecule has 1 aromatic carbocycles. The molecule has 3 N–H and O–H groups in total. The normalized spacial score (nSPS) is 14.4. The molecule has 0 bridgehead atoms. The number of amides is 1. The number of hydrogen-bond donors (Lipinski definition) is 3. The van der Waals surface area contributed by atoms with Gasteiger partial charge < -0.3 is 20.5 Å². The zero-order valence-corrected chi connectivity index (χ0v) is 19.5. The molecule has 12 heteroatoms. The quantitative estimate of drug-likeness (QED) is 0.435. The van der Waals surface area contributed by atoms with Crippen molar-refractivity contribution in [3.05, 3.63) is 36.3 Å². The summed E-state index contributed by atoms with van der Waals surface area (Å²) < 4.78 is 28.6. The molecule has 0 saturated heterocycles. The number of carbonyl (C=O) groups excluding carboxylic acids is 1. The van der Waals surface area contributed by atoms with E-state index in [9.17, 15) is 14.7 Å². The summed E-state index contributed by atoms with van der Waals surface area (Å²) >= 11 is 0. The van der Waals surface area contributed by atoms with Crippen LogP contribution < -0.4 is 15.4 Å². The predicted octanol–water partition coefficient (Wildman–Crippen LogP) is 2.07. The third-order valence-electron chi connectivity index (χ3n) is 4.42. The van der Waals surface area contributed by atoms with Crippen molar-refractivity contribution in [3.8, 4) is 17.1 Å². The number of anilines is 3. The first-order valence-corrected chi connectivity index (χ1v) is 8.96. The number of carbonyl (C=O) groups is 2. The van der Waals surface area contributed by atoms with Crippen LogP contribution in [0.5, 0.6) is 5.75 Å². The number of aryl methyl sites for hydroxylation is 1. The van der Waals surface area contributed by atoms with Gasteiger partial charge >= 0.3 is 5.97 Å². The van der Waals surface area contributed by atoms with E-state index in [-0.39, 0.29) is 60.1 Å². The Morgan fingerprint density at radius 3 is 2.74 bits per heavy atom. The van der Waals surface area contributed by atoms with Crippen molar-refractivity contribution in [3.63, 3.8) is 0 Å². The largest absolute Gasteiger partial charge is 0.494 e. The molecule has 0 atom stereocenters. The second-order valence-corrected chi connectivity index (χ2v) is 6.58. The minimum Gasteiger partial charge on any atom is -0.494 e. The van der Waals surface area contributed by atoms with Gasteiger partial charge in [-0.25, -0.2) is 9.78 Å². The topological polar surface area (TPSA) is 144 Å². The van der Waals surface area contributed by atoms with E-state index in [0.717, 1.165) is 23.9 Å². The summed E-state index contributed by atoms with van der Waals surface area (Å²) in [6.45, 7) is -2.49. The Balaban J connectivity index is 0.00000324. The Kier molecular flexibility index (Phi) is 5.44. The Morgan fingerprint density at radius 2 is 2.10 bits per heavy atom. The third kappa shape index (κ3) is 4.85. The van der Waals surface area contributed by atoms with Crippen molar-refractivity contribution in [2.45, 2.75) is 12.8 Å². The number of aromatic nitrogens is 5. The van der Waals surface area contributed by atoms with Crippen molar-refractivity contribution in [2.75, 3.05) is 17.7 Å². The van der Waals surface area contributed by atoms with Gasteiger partial charge in [0.2, 0.25) is 5.91 Å². The van der Waals surface area contributed by atoms with Crippen molar-refractivity contribution in [1.82, 2.24) is 25.0 Å². The number of nitrogens with one attached hydrogen (secondary N) is 2. The molecule has 1 saturated carbocycles. The van der Waals surface area contributed by atoms with E-state index in [4.69, 9.17) is 8.85 Å². The first kappa shape index (κ1) is 18.4. The van der Waals surface area contributed by atoms with Crippen LogP contribution in [0.15, 0.2) is 30.6 Å². The number of ether oxygens (including phenoxy) is 1. The molecule has 1 aliphatic rings. The van der Waals surface area contributed by atoms with E-state index in [2.05, 4.69) is 30.9 Å². The van der Waals surface area contributed by atoms with Crippen molar-refractivity contribution < 1.29 is 43.0 Å². The summed E-state index contributed by atoms with van der Waals surface area (Å²) in [5, 5.41) is 26.6. The van der Waals surface area contributed by atoms with Crippen molar-refractivity contribution in [2.24, 2.45) is 12.9 Å². The number of para-hydroxylation sites is 1. The van der Waals surface area contributed by atoms with Crippen molar-refractivity contribution in [1.29, 1.82) is 0 Å². The second kappa shape index (κ2) is 9.17. The zero-order chi connectivity index (χ0) is 23.8. The van der Waals surface area contributed by atoms with Crippen LogP contribution in [-0.4, -0.2) is 49.1 Å². The van der Waals surface area contributed by atoms with E-state index >= 15 is 0 Å². The molecule has 1 fully saturated rings. The van der Waals surface area contributed by atoms with E-state index < -0.39 is 12.9 Å². The van der Waals surface area contributed by atoms with Gasteiger partial charge in [0.05, 0.1) is 24.0 Å². The molecule has 0 unspecified atom stereocenters. The summed E-state index contributed by atoms with van der Waals surface area (Å²) in [6, 6.07) is 6.26. The van der Waals surface area contributed by atoms with Gasteiger partial charge in [0.1, 0.15) is 6.33 Å². The Hall–Kier alpha value is -3.40. The number of rotatable bonds is 7. The van der Waals surface area contributed by atoms with Crippen molar-refractivity contribution >= 4 is 29.1 Å². The molecule has 31 heavy (non-hydrogen) atoms. The maximum atomic E-state index is 12.0. The van der Waals surface area contributed by atoms with Gasteiger partial charge in [-0.05, 0) is 25.0 Å². The van der Waals surface area contributed by atoms with Crippen LogP contribution in [0.3, 0.4) is 0 Å². The number of hydrogen-bond acceptors (Lipinski definition) is 8. The average molecular weight is 478 g/mol. The van der Waals surface area contributed by atoms with Gasteiger partial charge in [-0.15, -0.1) is 10.2 Å². The van der Waals surface area contributed by atoms with Crippen LogP contribution in [0.1, 0.15) is 27.4 Å². The summed E-state index contributed by atoms with van der Waals surface area (Å²) in [4.78, 5) is 27.8. The SMILES string of the molecule is [2H]C([2H])([2H])n1cnc(-c2cccc(Nc3cc(NC(=O)C4CC4)nnc3C(=O)O)c2OC)n1.[Zn]. The Bertz CT molecular complexity index is 1230. The zero-order valence-electron chi connectivity index (χ0n) is 19.5. The molecule has 2 heterocycles. The summed E-state index contributed by atoms with van der Waals surface area (Å²) in [7, 11) is 1.40. The molecular formula is C19H19N7O4Zn. The standard InChI is InChI=1S/C19H19N7O4.Zn/c1-26-9-20-17(25-26)11-4-3-5-12(16(11)30-2)21-13-8-14(22-18(27)10-6-7-10)23-24-15(13)19(28)29;/h3-5,8-10H,6-7H2,1-2H3,(H,28,29)(H2,21,22,23,27);/i1D3;. The van der Waals surface area contributed by atoms with E-state index in [1.165, 1.54) is 13.2 Å². The fourth-order valence-corrected chi connectivity index (χ4v) is 2.84. The van der Waals surface area contributed by atoms with Crippen LogP contribution in [0.25, 0.3) is 11.4 Å². The molecule has 2 aromatic heterocycles. The average Bonchev–Trinajstić information content (AvgIpc) is 3.49. The Labute approximate surface area is 194 Å². The van der Waals surface area contributed by atoms with E-state index in [1.807, 2.05) is 0 Å². The third-order valence-corrected chi connectivity index (χ3v) is 4.42. The number of carboxylic acid groups (broad SMARTS) is 1. The van der Waals surface area contributed by atoms with Gasteiger partial charge in [-0.3, -0.25) is 9.48 Å². The molecule has 1 amide bonds. The molecule has 0 aliphatic heterocycles. The molecule has 0 spiro atoms. The summed E-state index contributed by atoms with van der Waals surface area (Å²) in [5.41, 5.74) is 0.429. The molecule has 4 rings (SSSR count). The monoisotopic (exact) mass is 476 g/mol. The molecule has 3 aromatic rings. The predicted molar refractivity (Wildman–Crippen MR) is 107 cm³/mol. The fourth-order valence-electron chi connectivity index (χ4n) is 2.84. The maximum absolute atomic E-state index is 12.0. The van der Waals surface area contributed by atoms with Crippen LogP contribution in [0.4, 0.5) is 17.2 Å². The smallest absolute Gasteiger partial charge is 0.358 e. The van der Waals surface area contributed by atoms with Crippen LogP contribution in [0.2, 0.25) is 0 Å². The van der Waals surface area contributed by atoms with Gasteiger partial charge in [0.15, 0.2) is 23.1 Å². The number of aromatic carboxylic acids is 1. The van der Waals surface area contributed by atoms with Crippen LogP contribution >= 0.6 is 0 Å². The number of carboxylic acids is 1. The fraction of sp³-hybridized carbons (Fsp3) is 0.263. The summed E-state index contributed by atoms with van der Waals surface area (Å²) in [5.74, 6) is -1.13.